The number of hydrogen-bond donors (Lipinski definition) is 2. The van der Waals surface area contributed by atoms with Gasteiger partial charge in [0.2, 0.25) is 5.91 Å². The van der Waals surface area contributed by atoms with E-state index >= 15 is 0 Å². The zero-order valence-corrected chi connectivity index (χ0v) is 11.8. The van der Waals surface area contributed by atoms with Crippen LogP contribution in [0.3, 0.4) is 0 Å². The summed E-state index contributed by atoms with van der Waals surface area (Å²) in [7, 11) is 0. The second-order valence-electron chi connectivity index (χ2n) is 7.16. The number of hydrogen-bond acceptors (Lipinski definition) is 2. The van der Waals surface area contributed by atoms with Gasteiger partial charge in [0.25, 0.3) is 0 Å². The summed E-state index contributed by atoms with van der Waals surface area (Å²) in [6.45, 7) is 3.56. The van der Waals surface area contributed by atoms with Crippen LogP contribution in [-0.2, 0) is 4.79 Å². The molecule has 0 radical (unpaired) electrons. The summed E-state index contributed by atoms with van der Waals surface area (Å²) in [5.41, 5.74) is 3.10. The number of nitrogens with one attached hydrogen (secondary N) is 2. The molecule has 3 heteroatoms. The number of rotatable bonds is 0. The monoisotopic (exact) mass is 260 g/mol. The summed E-state index contributed by atoms with van der Waals surface area (Å²) in [5.74, 6) is 2.66. The molecule has 1 saturated heterocycles. The highest BCUT2D eigenvalue weighted by Crippen LogP contribution is 2.55. The molecule has 2 bridgehead atoms. The molecule has 4 rings (SSSR count). The summed E-state index contributed by atoms with van der Waals surface area (Å²) < 4.78 is 0. The normalized spacial score (nSPS) is 45.3. The van der Waals surface area contributed by atoms with Crippen molar-refractivity contribution in [2.24, 2.45) is 17.8 Å². The average Bonchev–Trinajstić information content (AvgIpc) is 2.37. The van der Waals surface area contributed by atoms with Crippen LogP contribution in [0.5, 0.6) is 0 Å². The topological polar surface area (TPSA) is 41.1 Å². The second kappa shape index (κ2) is 4.08. The summed E-state index contributed by atoms with van der Waals surface area (Å²) in [4.78, 5) is 11.7. The lowest BCUT2D eigenvalue weighted by atomic mass is 9.53. The van der Waals surface area contributed by atoms with Gasteiger partial charge in [0.15, 0.2) is 0 Å². The largest absolute Gasteiger partial charge is 0.330 e. The molecule has 2 aliphatic heterocycles. The molecule has 104 valence electrons. The molecule has 4 unspecified atom stereocenters. The van der Waals surface area contributed by atoms with E-state index in [1.54, 1.807) is 5.57 Å². The zero-order valence-electron chi connectivity index (χ0n) is 11.8. The molecule has 2 fully saturated rings. The zero-order chi connectivity index (χ0) is 13.0. The van der Waals surface area contributed by atoms with Gasteiger partial charge in [-0.1, -0.05) is 6.92 Å². The van der Waals surface area contributed by atoms with E-state index in [1.807, 2.05) is 0 Å². The van der Waals surface area contributed by atoms with Gasteiger partial charge in [-0.05, 0) is 68.4 Å². The van der Waals surface area contributed by atoms with E-state index in [4.69, 9.17) is 0 Å². The molecule has 1 saturated carbocycles. The maximum Gasteiger partial charge on any atom is 0.224 e. The lowest BCUT2D eigenvalue weighted by Crippen LogP contribution is -2.64. The van der Waals surface area contributed by atoms with Crippen LogP contribution in [0.4, 0.5) is 0 Å². The maximum absolute atomic E-state index is 11.7. The van der Waals surface area contributed by atoms with Crippen LogP contribution in [0, 0.1) is 17.8 Å². The van der Waals surface area contributed by atoms with Gasteiger partial charge < -0.3 is 10.6 Å². The van der Waals surface area contributed by atoms with Crippen molar-refractivity contribution in [3.63, 3.8) is 0 Å². The predicted octanol–water partition coefficient (Wildman–Crippen LogP) is 2.34. The minimum Gasteiger partial charge on any atom is -0.330 e. The minimum absolute atomic E-state index is 0.232. The van der Waals surface area contributed by atoms with E-state index in [1.165, 1.54) is 31.4 Å². The summed E-state index contributed by atoms with van der Waals surface area (Å²) in [6.07, 6.45) is 8.14. The molecule has 1 amide bonds. The summed E-state index contributed by atoms with van der Waals surface area (Å²) >= 11 is 0. The minimum atomic E-state index is 0.232. The van der Waals surface area contributed by atoms with E-state index in [0.717, 1.165) is 37.1 Å². The Morgan fingerprint density at radius 3 is 3.11 bits per heavy atom. The van der Waals surface area contributed by atoms with Crippen molar-refractivity contribution < 1.29 is 4.79 Å². The molecule has 0 spiro atoms. The smallest absolute Gasteiger partial charge is 0.224 e. The van der Waals surface area contributed by atoms with Crippen LogP contribution in [0.1, 0.15) is 51.9 Å². The van der Waals surface area contributed by atoms with Crippen molar-refractivity contribution in [2.45, 2.75) is 57.4 Å². The molecule has 19 heavy (non-hydrogen) atoms. The Balaban J connectivity index is 1.81. The Hall–Kier alpha value is -0.830. The molecule has 0 aromatic heterocycles. The van der Waals surface area contributed by atoms with Gasteiger partial charge in [0.1, 0.15) is 0 Å². The van der Waals surface area contributed by atoms with Crippen molar-refractivity contribution in [3.8, 4) is 0 Å². The number of carbonyl (C=O) groups excluding carboxylic acids is 1. The number of amides is 1. The average molecular weight is 260 g/mol. The van der Waals surface area contributed by atoms with Crippen LogP contribution in [0.2, 0.25) is 0 Å². The van der Waals surface area contributed by atoms with E-state index in [9.17, 15) is 4.79 Å². The third kappa shape index (κ3) is 1.63. The quantitative estimate of drug-likeness (QED) is 0.702. The lowest BCUT2D eigenvalue weighted by molar-refractivity contribution is -0.121. The molecule has 2 aliphatic carbocycles. The molecule has 4 atom stereocenters. The van der Waals surface area contributed by atoms with E-state index < -0.39 is 0 Å². The van der Waals surface area contributed by atoms with Gasteiger partial charge in [-0.25, -0.2) is 0 Å². The lowest BCUT2D eigenvalue weighted by Gasteiger charge is -2.59. The highest BCUT2D eigenvalue weighted by molar-refractivity contribution is 5.80. The van der Waals surface area contributed by atoms with E-state index in [2.05, 4.69) is 17.6 Å². The Morgan fingerprint density at radius 2 is 2.21 bits per heavy atom. The van der Waals surface area contributed by atoms with Crippen LogP contribution < -0.4 is 10.6 Å². The first-order valence-electron chi connectivity index (χ1n) is 7.96. The molecule has 2 heterocycles. The highest BCUT2D eigenvalue weighted by atomic mass is 16.1. The van der Waals surface area contributed by atoms with Crippen molar-refractivity contribution in [3.05, 3.63) is 11.3 Å². The SMILES string of the molecule is CC1CC2CC3=C(CCC(=O)N3)C3(C1)NCCCC23. The molecular weight excluding hydrogens is 236 g/mol. The molecule has 0 aromatic rings. The van der Waals surface area contributed by atoms with Crippen molar-refractivity contribution in [1.82, 2.24) is 10.6 Å². The second-order valence-corrected chi connectivity index (χ2v) is 7.16. The van der Waals surface area contributed by atoms with E-state index in [0.29, 0.717) is 6.42 Å². The van der Waals surface area contributed by atoms with Crippen molar-refractivity contribution in [2.75, 3.05) is 6.54 Å². The van der Waals surface area contributed by atoms with Crippen molar-refractivity contribution >= 4 is 5.91 Å². The standard InChI is InChI=1S/C16H24N2O/c1-10-7-11-8-14-13(4-5-15(19)18-14)16(9-10)12(11)3-2-6-17-16/h10-12,17H,2-9H2,1H3,(H,18,19). The number of carbonyl (C=O) groups is 1. The Bertz CT molecular complexity index is 456. The first-order valence-corrected chi connectivity index (χ1v) is 7.96. The number of allylic oxidation sites excluding steroid dienone is 1. The van der Waals surface area contributed by atoms with Gasteiger partial charge in [-0.3, -0.25) is 4.79 Å². The van der Waals surface area contributed by atoms with Gasteiger partial charge in [-0.2, -0.15) is 0 Å². The highest BCUT2D eigenvalue weighted by Gasteiger charge is 2.54. The van der Waals surface area contributed by atoms with Gasteiger partial charge in [0.05, 0.1) is 0 Å². The molecule has 4 aliphatic rings. The molecule has 2 N–H and O–H groups in total. The fraction of sp³-hybridized carbons (Fsp3) is 0.812. The first kappa shape index (κ1) is 12.0. The van der Waals surface area contributed by atoms with Crippen LogP contribution in [0.25, 0.3) is 0 Å². The van der Waals surface area contributed by atoms with Gasteiger partial charge in [-0.15, -0.1) is 0 Å². The maximum atomic E-state index is 11.7. The molecule has 0 aromatic carbocycles. The van der Waals surface area contributed by atoms with Crippen LogP contribution >= 0.6 is 0 Å². The Labute approximate surface area is 115 Å². The van der Waals surface area contributed by atoms with Crippen LogP contribution in [-0.4, -0.2) is 18.0 Å². The predicted molar refractivity (Wildman–Crippen MR) is 74.4 cm³/mol. The molecular formula is C16H24N2O. The fourth-order valence-electron chi connectivity index (χ4n) is 5.49. The van der Waals surface area contributed by atoms with Crippen molar-refractivity contribution in [1.29, 1.82) is 0 Å². The molecule has 3 nitrogen and oxygen atoms in total. The van der Waals surface area contributed by atoms with Gasteiger partial charge >= 0.3 is 0 Å². The third-order valence-electron chi connectivity index (χ3n) is 5.97. The Morgan fingerprint density at radius 1 is 1.32 bits per heavy atom. The summed E-state index contributed by atoms with van der Waals surface area (Å²) in [5, 5.41) is 7.09. The van der Waals surface area contributed by atoms with E-state index in [-0.39, 0.29) is 11.4 Å². The fourth-order valence-corrected chi connectivity index (χ4v) is 5.49. The number of piperidine rings is 1. The first-order chi connectivity index (χ1) is 9.19. The van der Waals surface area contributed by atoms with Gasteiger partial charge in [0, 0.05) is 17.7 Å². The van der Waals surface area contributed by atoms with Crippen LogP contribution in [0.15, 0.2) is 11.3 Å². The summed E-state index contributed by atoms with van der Waals surface area (Å²) in [6, 6.07) is 0. The third-order valence-corrected chi connectivity index (χ3v) is 5.97. The Kier molecular flexibility index (Phi) is 2.57.